The molecule has 0 aromatic heterocycles. The molecule has 0 heterocycles. The lowest BCUT2D eigenvalue weighted by Crippen LogP contribution is -2.25. The molecule has 0 bridgehead atoms. The first-order valence-corrected chi connectivity index (χ1v) is 34.1. The lowest BCUT2D eigenvalue weighted by atomic mass is 9.95. The van der Waals surface area contributed by atoms with E-state index in [0.717, 1.165) is 32.3 Å². The summed E-state index contributed by atoms with van der Waals surface area (Å²) in [6, 6.07) is 0. The van der Waals surface area contributed by atoms with Gasteiger partial charge in [0.05, 0.1) is 83.9 Å². The van der Waals surface area contributed by atoms with E-state index in [9.17, 15) is 0 Å². The van der Waals surface area contributed by atoms with Gasteiger partial charge in [-0.1, -0.05) is 124 Å². The van der Waals surface area contributed by atoms with Crippen LogP contribution in [0.15, 0.2) is 0 Å². The van der Waals surface area contributed by atoms with Crippen LogP contribution < -0.4 is 0 Å². The second-order valence-electron chi connectivity index (χ2n) is 26.7. The Balaban J connectivity index is -0.000000412. The third kappa shape index (κ3) is 65.4. The minimum atomic E-state index is 0.0417. The molecule has 3 unspecified atom stereocenters. The van der Waals surface area contributed by atoms with Crippen LogP contribution in [0.1, 0.15) is 338 Å². The van der Waals surface area contributed by atoms with Gasteiger partial charge in [0.25, 0.3) is 0 Å². The lowest BCUT2D eigenvalue weighted by molar-refractivity contribution is -0.0450. The van der Waals surface area contributed by atoms with E-state index in [4.69, 9.17) is 47.4 Å². The quantitative estimate of drug-likeness (QED) is 0.140. The van der Waals surface area contributed by atoms with E-state index in [1.165, 1.54) is 173 Å². The maximum Gasteiger partial charge on any atom is 0.0620 e. The molecule has 0 aromatic carbocycles. The SMILES string of the molecule is C1CCC(OC2CCCC2)C1.C1CCC(OC2CCCCC2)CC1.CC(C)OC(C)C.CCC(C)(C)OC.CCC(C)OC.CCC(C)OC(C)CC.CCOC(C)(C)C.COC(C)(C)C.COC1CCCC1.COC1CCCCC1. The highest BCUT2D eigenvalue weighted by molar-refractivity contribution is 4.74. The van der Waals surface area contributed by atoms with Gasteiger partial charge in [0.15, 0.2) is 0 Å². The van der Waals surface area contributed by atoms with E-state index < -0.39 is 0 Å². The Labute approximate surface area is 508 Å². The molecule has 494 valence electrons. The van der Waals surface area contributed by atoms with Gasteiger partial charge in [-0.05, 0) is 214 Å². The number of rotatable bonds is 17. The van der Waals surface area contributed by atoms with Crippen molar-refractivity contribution in [3.05, 3.63) is 0 Å². The maximum atomic E-state index is 6.13. The van der Waals surface area contributed by atoms with Crippen LogP contribution in [0, 0.1) is 0 Å². The highest BCUT2D eigenvalue weighted by Gasteiger charge is 2.23. The summed E-state index contributed by atoms with van der Waals surface area (Å²) in [7, 11) is 8.80. The first-order valence-electron chi connectivity index (χ1n) is 34.1. The van der Waals surface area contributed by atoms with Crippen LogP contribution in [-0.4, -0.2) is 126 Å². The Bertz CT molecular complexity index is 1140. The number of ether oxygens (including phenoxy) is 10. The van der Waals surface area contributed by atoms with Gasteiger partial charge in [-0.25, -0.2) is 0 Å². The van der Waals surface area contributed by atoms with E-state index in [1.54, 1.807) is 28.4 Å². The summed E-state index contributed by atoms with van der Waals surface area (Å²) in [4.78, 5) is 0. The van der Waals surface area contributed by atoms with E-state index >= 15 is 0 Å². The molecule has 10 nitrogen and oxygen atoms in total. The van der Waals surface area contributed by atoms with E-state index in [1.807, 2.05) is 62.5 Å². The Morgan fingerprint density at radius 2 is 0.593 bits per heavy atom. The van der Waals surface area contributed by atoms with Crippen molar-refractivity contribution in [3.63, 3.8) is 0 Å². The minimum Gasteiger partial charge on any atom is -0.382 e. The van der Waals surface area contributed by atoms with Gasteiger partial charge >= 0.3 is 0 Å². The summed E-state index contributed by atoms with van der Waals surface area (Å²) in [6.45, 7) is 42.2. The van der Waals surface area contributed by atoms with Crippen LogP contribution in [-0.2, 0) is 47.4 Å². The Hall–Kier alpha value is -0.400. The Morgan fingerprint density at radius 1 is 0.333 bits per heavy atom. The zero-order chi connectivity index (χ0) is 62.5. The van der Waals surface area contributed by atoms with Crippen molar-refractivity contribution in [1.29, 1.82) is 0 Å². The number of methoxy groups -OCH3 is 5. The van der Waals surface area contributed by atoms with E-state index in [-0.39, 0.29) is 16.8 Å². The molecule has 3 atom stereocenters. The van der Waals surface area contributed by atoms with Crippen molar-refractivity contribution < 1.29 is 47.4 Å². The average Bonchev–Trinajstić information content (AvgIpc) is 4.29. The third-order valence-corrected chi connectivity index (χ3v) is 15.7. The highest BCUT2D eigenvalue weighted by atomic mass is 16.5. The van der Waals surface area contributed by atoms with Gasteiger partial charge in [0.2, 0.25) is 0 Å². The second kappa shape index (κ2) is 57.4. The topological polar surface area (TPSA) is 92.3 Å². The van der Waals surface area contributed by atoms with Crippen molar-refractivity contribution >= 4 is 0 Å². The predicted molar refractivity (Wildman–Crippen MR) is 352 cm³/mol. The highest BCUT2D eigenvalue weighted by Crippen LogP contribution is 2.29. The molecule has 81 heavy (non-hydrogen) atoms. The molecular weight excluding hydrogens is 1010 g/mol. The molecule has 6 saturated carbocycles. The first-order chi connectivity index (χ1) is 38.1. The van der Waals surface area contributed by atoms with Crippen molar-refractivity contribution in [3.8, 4) is 0 Å². The van der Waals surface area contributed by atoms with Gasteiger partial charge in [0.1, 0.15) is 0 Å². The smallest absolute Gasteiger partial charge is 0.0620 e. The minimum absolute atomic E-state index is 0.0417. The molecular formula is C71H150O10. The fourth-order valence-corrected chi connectivity index (χ4v) is 9.30. The standard InChI is InChI=1S/C12H22O.C10H18O.C8H18O.C7H14O.C6H12O.3C6H14O.2C5H12O/c1-3-7-11(8-4-1)13-12-9-5-2-6-10-12;1-2-6-9(5-1)11-10-7-3-4-8-10;1-5-7(3)9-8(4)6-2;1-8-7-5-3-2-4-6-7;1-7-6-4-2-3-5-6;1-5-6(2,3)7-4;1-5-7-6(2,3)4;1-5(2)7-6(3)4;1-5(2,3)6-4;1-4-5(2)6-3/h11-12H,1-10H2;9-10H,1-8H2;7-8H,5-6H2,1-4H3;7H,2-6H2,1H3;6H,2-5H2,1H3;2*5H2,1-4H3;5-6H,1-4H3;1-4H3;5H,4H2,1-3H3. The molecule has 0 aliphatic heterocycles. The summed E-state index contributed by atoms with van der Waals surface area (Å²) < 4.78 is 53.4. The van der Waals surface area contributed by atoms with Gasteiger partial charge in [-0.3, -0.25) is 0 Å². The molecule has 0 radical (unpaired) electrons. The largest absolute Gasteiger partial charge is 0.382 e. The Kier molecular flexibility index (Phi) is 61.6. The zero-order valence-electron chi connectivity index (χ0n) is 59.6. The van der Waals surface area contributed by atoms with Crippen molar-refractivity contribution in [2.45, 2.75) is 421 Å². The fraction of sp³-hybridized carbons (Fsp3) is 1.00. The molecule has 10 heteroatoms. The van der Waals surface area contributed by atoms with Gasteiger partial charge < -0.3 is 47.4 Å². The molecule has 0 N–H and O–H groups in total. The fourth-order valence-electron chi connectivity index (χ4n) is 9.30. The summed E-state index contributed by atoms with van der Waals surface area (Å²) >= 11 is 0. The molecule has 0 amide bonds. The summed E-state index contributed by atoms with van der Waals surface area (Å²) in [5, 5.41) is 0. The molecule has 0 spiro atoms. The normalized spacial score (nSPS) is 19.6. The third-order valence-electron chi connectivity index (χ3n) is 15.7. The van der Waals surface area contributed by atoms with Crippen LogP contribution in [0.3, 0.4) is 0 Å². The first kappa shape index (κ1) is 87.0. The monoisotopic (exact) mass is 1160 g/mol. The summed E-state index contributed by atoms with van der Waals surface area (Å²) in [5.41, 5.74) is 0.175. The Morgan fingerprint density at radius 3 is 0.704 bits per heavy atom. The van der Waals surface area contributed by atoms with Crippen LogP contribution in [0.4, 0.5) is 0 Å². The van der Waals surface area contributed by atoms with Crippen LogP contribution in [0.5, 0.6) is 0 Å². The van der Waals surface area contributed by atoms with Gasteiger partial charge in [-0.2, -0.15) is 0 Å². The van der Waals surface area contributed by atoms with Gasteiger partial charge in [0, 0.05) is 42.2 Å². The molecule has 6 aliphatic rings. The summed E-state index contributed by atoms with van der Waals surface area (Å²) in [5.74, 6) is 0. The van der Waals surface area contributed by atoms with Crippen LogP contribution in [0.2, 0.25) is 0 Å². The summed E-state index contributed by atoms with van der Waals surface area (Å²) in [6.07, 6.45) is 46.9. The molecule has 0 aromatic rings. The number of hydrogen-bond donors (Lipinski definition) is 0. The van der Waals surface area contributed by atoms with Crippen molar-refractivity contribution in [2.24, 2.45) is 0 Å². The van der Waals surface area contributed by atoms with E-state index in [2.05, 4.69) is 83.1 Å². The van der Waals surface area contributed by atoms with Crippen LogP contribution in [0.25, 0.3) is 0 Å². The molecule has 6 fully saturated rings. The molecule has 6 aliphatic carbocycles. The van der Waals surface area contributed by atoms with Gasteiger partial charge in [-0.15, -0.1) is 0 Å². The van der Waals surface area contributed by atoms with E-state index in [0.29, 0.717) is 67.1 Å². The van der Waals surface area contributed by atoms with Crippen molar-refractivity contribution in [1.82, 2.24) is 0 Å². The zero-order valence-corrected chi connectivity index (χ0v) is 59.6. The molecule has 0 saturated heterocycles. The lowest BCUT2D eigenvalue weighted by Gasteiger charge is -2.29. The van der Waals surface area contributed by atoms with Crippen LogP contribution >= 0.6 is 0 Å². The predicted octanol–water partition coefficient (Wildman–Crippen LogP) is 21.0. The average molecular weight is 1160 g/mol. The van der Waals surface area contributed by atoms with Crippen molar-refractivity contribution in [2.75, 3.05) is 42.2 Å². The second-order valence-corrected chi connectivity index (χ2v) is 26.7. The maximum absolute atomic E-state index is 6.13. The molecule has 6 rings (SSSR count). The number of hydrogen-bond acceptors (Lipinski definition) is 10.